The van der Waals surface area contributed by atoms with Gasteiger partial charge >= 0.3 is 5.97 Å². The van der Waals surface area contributed by atoms with Crippen molar-refractivity contribution in [2.24, 2.45) is 0 Å². The summed E-state index contributed by atoms with van der Waals surface area (Å²) in [5.41, 5.74) is 0.953. The molecular formula is C17H24ClN3O3S. The standard InChI is InChI=1S/C17H23N3O3S.ClH/c1-2-20(12-17(21)22)14-5-7-19(8-6-14)11-13-10-15(23-18-13)16-4-3-9-24-16;/h3-4,9-10,14H,2,5-8,11-12H2,1H3,(H,21,22);1H. The average Bonchev–Trinajstić information content (AvgIpc) is 3.24. The summed E-state index contributed by atoms with van der Waals surface area (Å²) in [5.74, 6) is 0.0801. The van der Waals surface area contributed by atoms with Crippen LogP contribution in [0, 0.1) is 0 Å². The van der Waals surface area contributed by atoms with E-state index in [0.29, 0.717) is 6.04 Å². The molecule has 0 spiro atoms. The molecule has 0 radical (unpaired) electrons. The Bertz CT molecular complexity index is 654. The summed E-state index contributed by atoms with van der Waals surface area (Å²) in [6.07, 6.45) is 1.99. The van der Waals surface area contributed by atoms with Gasteiger partial charge in [0.2, 0.25) is 0 Å². The second-order valence-electron chi connectivity index (χ2n) is 6.12. The van der Waals surface area contributed by atoms with Crippen LogP contribution in [0.15, 0.2) is 28.1 Å². The molecule has 3 heterocycles. The maximum absolute atomic E-state index is 10.9. The highest BCUT2D eigenvalue weighted by Gasteiger charge is 2.25. The fourth-order valence-electron chi connectivity index (χ4n) is 3.27. The van der Waals surface area contributed by atoms with Crippen LogP contribution in [0.1, 0.15) is 25.5 Å². The van der Waals surface area contributed by atoms with Crippen molar-refractivity contribution in [2.45, 2.75) is 32.4 Å². The van der Waals surface area contributed by atoms with E-state index in [-0.39, 0.29) is 19.0 Å². The van der Waals surface area contributed by atoms with E-state index in [9.17, 15) is 4.79 Å². The molecule has 8 heteroatoms. The van der Waals surface area contributed by atoms with E-state index >= 15 is 0 Å². The lowest BCUT2D eigenvalue weighted by atomic mass is 10.0. The minimum Gasteiger partial charge on any atom is -0.480 e. The van der Waals surface area contributed by atoms with Crippen molar-refractivity contribution in [3.8, 4) is 10.6 Å². The molecule has 1 saturated heterocycles. The first-order valence-electron chi connectivity index (χ1n) is 8.33. The van der Waals surface area contributed by atoms with Gasteiger partial charge in [-0.3, -0.25) is 14.6 Å². The Morgan fingerprint density at radius 1 is 1.48 bits per heavy atom. The number of thiophene rings is 1. The molecule has 3 rings (SSSR count). The number of carboxylic acid groups (broad SMARTS) is 1. The molecule has 0 aromatic carbocycles. The number of aliphatic carboxylic acids is 1. The van der Waals surface area contributed by atoms with E-state index < -0.39 is 5.97 Å². The summed E-state index contributed by atoms with van der Waals surface area (Å²) < 4.78 is 5.43. The summed E-state index contributed by atoms with van der Waals surface area (Å²) in [7, 11) is 0. The van der Waals surface area contributed by atoms with Gasteiger partial charge in [0.25, 0.3) is 0 Å². The van der Waals surface area contributed by atoms with Crippen LogP contribution in [0.5, 0.6) is 0 Å². The largest absolute Gasteiger partial charge is 0.480 e. The number of halogens is 1. The highest BCUT2D eigenvalue weighted by Crippen LogP contribution is 2.26. The predicted molar refractivity (Wildman–Crippen MR) is 100 cm³/mol. The summed E-state index contributed by atoms with van der Waals surface area (Å²) in [4.78, 5) is 16.5. The first-order chi connectivity index (χ1) is 11.7. The second kappa shape index (κ2) is 9.33. The zero-order valence-electron chi connectivity index (χ0n) is 14.3. The summed E-state index contributed by atoms with van der Waals surface area (Å²) in [6, 6.07) is 6.41. The lowest BCUT2D eigenvalue weighted by molar-refractivity contribution is -0.139. The number of hydrogen-bond acceptors (Lipinski definition) is 6. The number of likely N-dealkylation sites (N-methyl/N-ethyl adjacent to an activating group) is 1. The number of nitrogens with zero attached hydrogens (tertiary/aromatic N) is 3. The van der Waals surface area contributed by atoms with Crippen molar-refractivity contribution in [3.05, 3.63) is 29.3 Å². The fraction of sp³-hybridized carbons (Fsp3) is 0.529. The van der Waals surface area contributed by atoms with Gasteiger partial charge in [-0.1, -0.05) is 18.1 Å². The number of likely N-dealkylation sites (tertiary alicyclic amines) is 1. The van der Waals surface area contributed by atoms with Crippen LogP contribution in [0.3, 0.4) is 0 Å². The number of hydrogen-bond donors (Lipinski definition) is 1. The smallest absolute Gasteiger partial charge is 0.317 e. The van der Waals surface area contributed by atoms with Gasteiger partial charge in [0.05, 0.1) is 17.1 Å². The van der Waals surface area contributed by atoms with Gasteiger partial charge < -0.3 is 9.63 Å². The zero-order chi connectivity index (χ0) is 16.9. The summed E-state index contributed by atoms with van der Waals surface area (Å²) >= 11 is 1.65. The Morgan fingerprint density at radius 2 is 2.24 bits per heavy atom. The molecule has 0 amide bonds. The van der Waals surface area contributed by atoms with Crippen LogP contribution in [0.25, 0.3) is 10.6 Å². The molecule has 138 valence electrons. The van der Waals surface area contributed by atoms with E-state index in [2.05, 4.69) is 15.0 Å². The molecule has 2 aromatic heterocycles. The molecule has 25 heavy (non-hydrogen) atoms. The highest BCUT2D eigenvalue weighted by molar-refractivity contribution is 7.13. The maximum Gasteiger partial charge on any atom is 0.317 e. The topological polar surface area (TPSA) is 69.8 Å². The van der Waals surface area contributed by atoms with Gasteiger partial charge in [0.15, 0.2) is 5.76 Å². The van der Waals surface area contributed by atoms with Crippen LogP contribution < -0.4 is 0 Å². The number of piperidine rings is 1. The van der Waals surface area contributed by atoms with Crippen molar-refractivity contribution >= 4 is 29.7 Å². The minimum atomic E-state index is -0.747. The zero-order valence-corrected chi connectivity index (χ0v) is 15.9. The number of carbonyl (C=O) groups is 1. The minimum absolute atomic E-state index is 0. The van der Waals surface area contributed by atoms with Crippen LogP contribution in [-0.2, 0) is 11.3 Å². The molecule has 0 atom stereocenters. The maximum atomic E-state index is 10.9. The Labute approximate surface area is 157 Å². The molecule has 0 bridgehead atoms. The molecule has 1 aliphatic heterocycles. The van der Waals surface area contributed by atoms with E-state index in [1.807, 2.05) is 30.5 Å². The van der Waals surface area contributed by atoms with Crippen molar-refractivity contribution in [2.75, 3.05) is 26.2 Å². The Morgan fingerprint density at radius 3 is 2.84 bits per heavy atom. The third-order valence-electron chi connectivity index (χ3n) is 4.53. The molecule has 0 aliphatic carbocycles. The average molecular weight is 386 g/mol. The van der Waals surface area contributed by atoms with Crippen molar-refractivity contribution in [1.29, 1.82) is 0 Å². The van der Waals surface area contributed by atoms with E-state index in [4.69, 9.17) is 9.63 Å². The first kappa shape index (κ1) is 19.9. The summed E-state index contributed by atoms with van der Waals surface area (Å²) in [5, 5.41) is 15.2. The van der Waals surface area contributed by atoms with E-state index in [1.165, 1.54) is 0 Å². The Balaban J connectivity index is 0.00000225. The van der Waals surface area contributed by atoms with Gasteiger partial charge in [-0.25, -0.2) is 0 Å². The van der Waals surface area contributed by atoms with Crippen molar-refractivity contribution in [3.63, 3.8) is 0 Å². The fourth-order valence-corrected chi connectivity index (χ4v) is 3.94. The molecule has 1 N–H and O–H groups in total. The molecule has 0 saturated carbocycles. The third kappa shape index (κ3) is 5.28. The highest BCUT2D eigenvalue weighted by atomic mass is 35.5. The van der Waals surface area contributed by atoms with Crippen LogP contribution in [0.4, 0.5) is 0 Å². The van der Waals surface area contributed by atoms with Crippen molar-refractivity contribution < 1.29 is 14.4 Å². The van der Waals surface area contributed by atoms with Crippen LogP contribution in [0.2, 0.25) is 0 Å². The molecule has 6 nitrogen and oxygen atoms in total. The molecule has 1 aliphatic rings. The van der Waals surface area contributed by atoms with Gasteiger partial charge in [-0.05, 0) is 30.8 Å². The molecule has 0 unspecified atom stereocenters. The second-order valence-corrected chi connectivity index (χ2v) is 7.07. The number of aromatic nitrogens is 1. The molecular weight excluding hydrogens is 362 g/mol. The predicted octanol–water partition coefficient (Wildman–Crippen LogP) is 3.20. The quantitative estimate of drug-likeness (QED) is 0.789. The molecule has 2 aromatic rings. The Hall–Kier alpha value is -1.41. The van der Waals surface area contributed by atoms with Crippen molar-refractivity contribution in [1.82, 2.24) is 15.0 Å². The number of rotatable bonds is 7. The van der Waals surface area contributed by atoms with Gasteiger partial charge in [0, 0.05) is 31.7 Å². The number of carboxylic acids is 1. The van der Waals surface area contributed by atoms with E-state index in [1.54, 1.807) is 11.3 Å². The van der Waals surface area contributed by atoms with Gasteiger partial charge in [0.1, 0.15) is 0 Å². The normalized spacial score (nSPS) is 16.1. The molecule has 1 fully saturated rings. The lowest BCUT2D eigenvalue weighted by Crippen LogP contribution is -2.46. The monoisotopic (exact) mass is 385 g/mol. The first-order valence-corrected chi connectivity index (χ1v) is 9.21. The van der Waals surface area contributed by atoms with Crippen LogP contribution >= 0.6 is 23.7 Å². The third-order valence-corrected chi connectivity index (χ3v) is 5.41. The van der Waals surface area contributed by atoms with E-state index in [0.717, 1.165) is 55.4 Å². The van der Waals surface area contributed by atoms with Gasteiger partial charge in [-0.15, -0.1) is 23.7 Å². The van der Waals surface area contributed by atoms with Gasteiger partial charge in [-0.2, -0.15) is 0 Å². The lowest BCUT2D eigenvalue weighted by Gasteiger charge is -2.37. The SMILES string of the molecule is CCN(CC(=O)O)C1CCN(Cc2cc(-c3cccs3)on2)CC1.Cl. The Kier molecular flexibility index (Phi) is 7.43. The van der Waals surface area contributed by atoms with Crippen LogP contribution in [-0.4, -0.2) is 58.3 Å². The summed E-state index contributed by atoms with van der Waals surface area (Å²) in [6.45, 7) is 5.65.